The van der Waals surface area contributed by atoms with Crippen LogP contribution in [0, 0.1) is 5.82 Å². The fourth-order valence-corrected chi connectivity index (χ4v) is 2.62. The zero-order chi connectivity index (χ0) is 13.9. The van der Waals surface area contributed by atoms with E-state index < -0.39 is 0 Å². The third kappa shape index (κ3) is 2.32. The van der Waals surface area contributed by atoms with Crippen LogP contribution in [0.2, 0.25) is 0 Å². The van der Waals surface area contributed by atoms with E-state index in [0.717, 1.165) is 6.54 Å². The third-order valence-electron chi connectivity index (χ3n) is 3.54. The molecule has 0 spiro atoms. The van der Waals surface area contributed by atoms with Crippen molar-refractivity contribution in [3.05, 3.63) is 71.7 Å². The van der Waals surface area contributed by atoms with Crippen LogP contribution >= 0.6 is 0 Å². The zero-order valence-corrected chi connectivity index (χ0v) is 11.4. The van der Waals surface area contributed by atoms with E-state index in [0.29, 0.717) is 12.1 Å². The van der Waals surface area contributed by atoms with Crippen LogP contribution in [-0.2, 0) is 13.1 Å². The van der Waals surface area contributed by atoms with Gasteiger partial charge >= 0.3 is 0 Å². The van der Waals surface area contributed by atoms with Crippen molar-refractivity contribution in [3.8, 4) is 0 Å². The molecule has 0 saturated heterocycles. The van der Waals surface area contributed by atoms with E-state index in [2.05, 4.69) is 34.1 Å². The lowest BCUT2D eigenvalue weighted by Gasteiger charge is -2.10. The molecule has 3 rings (SSSR count). The Morgan fingerprint density at radius 3 is 2.60 bits per heavy atom. The monoisotopic (exact) mass is 268 g/mol. The standard InChI is InChI=1S/C17H17FN2/c1-19-11-14-7-4-6-13-9-10-20(17(13)14)12-15-5-2-3-8-16(15)18/h2-10,19H,11-12H2,1H3. The number of halogens is 1. The van der Waals surface area contributed by atoms with Crippen molar-refractivity contribution in [1.82, 2.24) is 9.88 Å². The molecule has 0 bridgehead atoms. The quantitative estimate of drug-likeness (QED) is 0.765. The molecule has 1 aromatic heterocycles. The Balaban J connectivity index is 2.06. The summed E-state index contributed by atoms with van der Waals surface area (Å²) in [6.07, 6.45) is 2.02. The first-order chi connectivity index (χ1) is 9.79. The molecule has 0 aliphatic carbocycles. The summed E-state index contributed by atoms with van der Waals surface area (Å²) in [6.45, 7) is 1.36. The maximum atomic E-state index is 13.8. The lowest BCUT2D eigenvalue weighted by atomic mass is 10.1. The number of benzene rings is 2. The van der Waals surface area contributed by atoms with Crippen LogP contribution in [-0.4, -0.2) is 11.6 Å². The molecule has 102 valence electrons. The molecule has 0 amide bonds. The summed E-state index contributed by atoms with van der Waals surface area (Å²) >= 11 is 0. The Labute approximate surface area is 117 Å². The van der Waals surface area contributed by atoms with E-state index in [4.69, 9.17) is 0 Å². The van der Waals surface area contributed by atoms with Crippen molar-refractivity contribution < 1.29 is 4.39 Å². The number of aromatic nitrogens is 1. The Kier molecular flexibility index (Phi) is 3.52. The van der Waals surface area contributed by atoms with E-state index in [1.807, 2.05) is 25.4 Å². The first-order valence-corrected chi connectivity index (χ1v) is 6.74. The van der Waals surface area contributed by atoms with Crippen LogP contribution in [0.15, 0.2) is 54.7 Å². The van der Waals surface area contributed by atoms with Gasteiger partial charge in [0, 0.05) is 18.3 Å². The van der Waals surface area contributed by atoms with Gasteiger partial charge in [0.05, 0.1) is 12.1 Å². The van der Waals surface area contributed by atoms with Gasteiger partial charge in [-0.05, 0) is 30.1 Å². The van der Waals surface area contributed by atoms with Crippen LogP contribution in [0.4, 0.5) is 4.39 Å². The molecule has 1 heterocycles. The lowest BCUT2D eigenvalue weighted by Crippen LogP contribution is -2.08. The topological polar surface area (TPSA) is 17.0 Å². The lowest BCUT2D eigenvalue weighted by molar-refractivity contribution is 0.602. The molecule has 0 aliphatic heterocycles. The maximum Gasteiger partial charge on any atom is 0.128 e. The highest BCUT2D eigenvalue weighted by Crippen LogP contribution is 2.22. The molecule has 0 aliphatic rings. The van der Waals surface area contributed by atoms with E-state index in [1.54, 1.807) is 6.07 Å². The summed E-state index contributed by atoms with van der Waals surface area (Å²) in [7, 11) is 1.93. The summed E-state index contributed by atoms with van der Waals surface area (Å²) in [5, 5.41) is 4.37. The average molecular weight is 268 g/mol. The number of nitrogens with one attached hydrogen (secondary N) is 1. The van der Waals surface area contributed by atoms with Crippen molar-refractivity contribution >= 4 is 10.9 Å². The highest BCUT2D eigenvalue weighted by atomic mass is 19.1. The smallest absolute Gasteiger partial charge is 0.128 e. The second-order valence-electron chi connectivity index (χ2n) is 4.92. The molecule has 3 aromatic rings. The molecule has 0 atom stereocenters. The van der Waals surface area contributed by atoms with E-state index in [-0.39, 0.29) is 5.82 Å². The van der Waals surface area contributed by atoms with Gasteiger partial charge in [-0.15, -0.1) is 0 Å². The van der Waals surface area contributed by atoms with Crippen molar-refractivity contribution in [3.63, 3.8) is 0 Å². The second kappa shape index (κ2) is 5.47. The van der Waals surface area contributed by atoms with Gasteiger partial charge in [0.1, 0.15) is 5.82 Å². The Hall–Kier alpha value is -2.13. The third-order valence-corrected chi connectivity index (χ3v) is 3.54. The average Bonchev–Trinajstić information content (AvgIpc) is 2.86. The predicted molar refractivity (Wildman–Crippen MR) is 80.2 cm³/mol. The Morgan fingerprint density at radius 1 is 1.00 bits per heavy atom. The van der Waals surface area contributed by atoms with Gasteiger partial charge < -0.3 is 9.88 Å². The number of hydrogen-bond donors (Lipinski definition) is 1. The second-order valence-corrected chi connectivity index (χ2v) is 4.92. The summed E-state index contributed by atoms with van der Waals surface area (Å²) in [4.78, 5) is 0. The molecule has 2 nitrogen and oxygen atoms in total. The van der Waals surface area contributed by atoms with Gasteiger partial charge in [-0.3, -0.25) is 0 Å². The zero-order valence-electron chi connectivity index (χ0n) is 11.4. The minimum absolute atomic E-state index is 0.152. The van der Waals surface area contributed by atoms with Crippen molar-refractivity contribution in [2.75, 3.05) is 7.05 Å². The van der Waals surface area contributed by atoms with Gasteiger partial charge in [0.15, 0.2) is 0 Å². The van der Waals surface area contributed by atoms with Crippen LogP contribution in [0.1, 0.15) is 11.1 Å². The molecular weight excluding hydrogens is 251 g/mol. The maximum absolute atomic E-state index is 13.8. The molecule has 20 heavy (non-hydrogen) atoms. The van der Waals surface area contributed by atoms with E-state index in [9.17, 15) is 4.39 Å². The van der Waals surface area contributed by atoms with Gasteiger partial charge in [0.25, 0.3) is 0 Å². The summed E-state index contributed by atoms with van der Waals surface area (Å²) in [5.41, 5.74) is 3.11. The first-order valence-electron chi connectivity index (χ1n) is 6.74. The predicted octanol–water partition coefficient (Wildman–Crippen LogP) is 3.55. The van der Waals surface area contributed by atoms with E-state index >= 15 is 0 Å². The molecule has 0 radical (unpaired) electrons. The molecule has 0 unspecified atom stereocenters. The Morgan fingerprint density at radius 2 is 1.80 bits per heavy atom. The van der Waals surface area contributed by atoms with Crippen LogP contribution < -0.4 is 5.32 Å². The van der Waals surface area contributed by atoms with E-state index in [1.165, 1.54) is 22.5 Å². The first kappa shape index (κ1) is 12.9. The Bertz CT molecular complexity index is 731. The molecule has 2 aromatic carbocycles. The largest absolute Gasteiger partial charge is 0.343 e. The van der Waals surface area contributed by atoms with Crippen molar-refractivity contribution in [2.24, 2.45) is 0 Å². The van der Waals surface area contributed by atoms with Crippen molar-refractivity contribution in [2.45, 2.75) is 13.1 Å². The van der Waals surface area contributed by atoms with Crippen LogP contribution in [0.25, 0.3) is 10.9 Å². The number of fused-ring (bicyclic) bond motifs is 1. The molecule has 3 heteroatoms. The fraction of sp³-hybridized carbons (Fsp3) is 0.176. The van der Waals surface area contributed by atoms with Gasteiger partial charge in [-0.2, -0.15) is 0 Å². The fourth-order valence-electron chi connectivity index (χ4n) is 2.62. The molecule has 0 fully saturated rings. The van der Waals surface area contributed by atoms with Gasteiger partial charge in [-0.1, -0.05) is 36.4 Å². The number of para-hydroxylation sites is 1. The number of rotatable bonds is 4. The molecule has 0 saturated carbocycles. The summed E-state index contributed by atoms with van der Waals surface area (Å²) in [5.74, 6) is -0.152. The normalized spacial score (nSPS) is 11.1. The minimum Gasteiger partial charge on any atom is -0.343 e. The van der Waals surface area contributed by atoms with Gasteiger partial charge in [0.2, 0.25) is 0 Å². The highest BCUT2D eigenvalue weighted by Gasteiger charge is 2.08. The number of hydrogen-bond acceptors (Lipinski definition) is 1. The summed E-state index contributed by atoms with van der Waals surface area (Å²) in [6, 6.07) is 15.3. The van der Waals surface area contributed by atoms with Gasteiger partial charge in [-0.25, -0.2) is 4.39 Å². The summed E-state index contributed by atoms with van der Waals surface area (Å²) < 4.78 is 15.9. The SMILES string of the molecule is CNCc1cccc2ccn(Cc3ccccc3F)c12. The highest BCUT2D eigenvalue weighted by molar-refractivity contribution is 5.83. The molecular formula is C17H17FN2. The van der Waals surface area contributed by atoms with Crippen LogP contribution in [0.3, 0.4) is 0 Å². The number of nitrogens with zero attached hydrogens (tertiary/aromatic N) is 1. The molecule has 1 N–H and O–H groups in total. The van der Waals surface area contributed by atoms with Crippen LogP contribution in [0.5, 0.6) is 0 Å². The van der Waals surface area contributed by atoms with Crippen molar-refractivity contribution in [1.29, 1.82) is 0 Å². The minimum atomic E-state index is -0.152.